The maximum Gasteiger partial charge on any atom is 0.296 e. The number of amides is 1. The largest absolute Gasteiger partial charge is 0.395 e. The van der Waals surface area contributed by atoms with Gasteiger partial charge in [0.1, 0.15) is 12.2 Å². The molecule has 0 atom stereocenters. The first kappa shape index (κ1) is 13.0. The minimum Gasteiger partial charge on any atom is -0.395 e. The van der Waals surface area contributed by atoms with Crippen molar-refractivity contribution in [3.05, 3.63) is 34.6 Å². The molecule has 2 heterocycles. The van der Waals surface area contributed by atoms with Crippen molar-refractivity contribution >= 4 is 22.6 Å². The number of nitrogens with zero attached hydrogens (tertiary/aromatic N) is 3. The van der Waals surface area contributed by atoms with Crippen molar-refractivity contribution < 1.29 is 14.8 Å². The molecule has 8 nitrogen and oxygen atoms in total. The molecule has 0 aliphatic carbocycles. The number of carbonyl (C=O) groups excluding carboxylic acids is 1. The number of aromatic nitrogens is 2. The highest BCUT2D eigenvalue weighted by molar-refractivity contribution is 5.88. The lowest BCUT2D eigenvalue weighted by Gasteiger charge is -2.04. The van der Waals surface area contributed by atoms with Crippen LogP contribution in [0.25, 0.3) is 11.0 Å². The molecule has 2 aromatic rings. The van der Waals surface area contributed by atoms with E-state index in [1.54, 1.807) is 12.1 Å². The molecular formula is C11H12N4O4. The van der Waals surface area contributed by atoms with Gasteiger partial charge in [0.25, 0.3) is 5.69 Å². The number of carbonyl (C=O) groups is 1. The summed E-state index contributed by atoms with van der Waals surface area (Å²) in [4.78, 5) is 26.0. The summed E-state index contributed by atoms with van der Waals surface area (Å²) >= 11 is 0. The number of hydrogen-bond donors (Lipinski definition) is 2. The third-order valence-electron chi connectivity index (χ3n) is 2.56. The fraction of sp³-hybridized carbons (Fsp3) is 0.273. The molecule has 0 aliphatic rings. The van der Waals surface area contributed by atoms with E-state index in [-0.39, 0.29) is 31.3 Å². The molecule has 2 aromatic heterocycles. The fourth-order valence-electron chi connectivity index (χ4n) is 1.78. The van der Waals surface area contributed by atoms with E-state index in [4.69, 9.17) is 5.11 Å². The van der Waals surface area contributed by atoms with Gasteiger partial charge in [0.05, 0.1) is 23.1 Å². The van der Waals surface area contributed by atoms with E-state index < -0.39 is 4.92 Å². The predicted octanol–water partition coefficient (Wildman–Crippen LogP) is 0.0530. The van der Waals surface area contributed by atoms with E-state index >= 15 is 0 Å². The van der Waals surface area contributed by atoms with Crippen molar-refractivity contribution in [2.45, 2.75) is 6.54 Å². The molecule has 0 bridgehead atoms. The minimum atomic E-state index is -0.508. The second-order valence-electron chi connectivity index (χ2n) is 3.85. The van der Waals surface area contributed by atoms with Crippen LogP contribution in [0.1, 0.15) is 0 Å². The molecule has 0 unspecified atom stereocenters. The Kier molecular flexibility index (Phi) is 3.71. The number of nitrogens with one attached hydrogen (secondary N) is 1. The third kappa shape index (κ3) is 2.68. The van der Waals surface area contributed by atoms with E-state index in [0.717, 1.165) is 0 Å². The first-order valence-corrected chi connectivity index (χ1v) is 5.59. The Labute approximate surface area is 107 Å². The Bertz CT molecular complexity index is 622. The zero-order valence-corrected chi connectivity index (χ0v) is 9.94. The summed E-state index contributed by atoms with van der Waals surface area (Å²) in [5, 5.41) is 22.4. The van der Waals surface area contributed by atoms with Crippen molar-refractivity contribution in [1.82, 2.24) is 14.9 Å². The zero-order chi connectivity index (χ0) is 13.8. The van der Waals surface area contributed by atoms with Gasteiger partial charge in [-0.25, -0.2) is 4.98 Å². The SMILES string of the molecule is O=C(Cn1cc([N+](=O)[O-])c2cccnc21)NCCO. The highest BCUT2D eigenvalue weighted by Crippen LogP contribution is 2.25. The molecule has 0 saturated heterocycles. The van der Waals surface area contributed by atoms with Crippen LogP contribution >= 0.6 is 0 Å². The van der Waals surface area contributed by atoms with E-state index in [1.807, 2.05) is 0 Å². The Morgan fingerprint density at radius 1 is 1.58 bits per heavy atom. The van der Waals surface area contributed by atoms with E-state index in [2.05, 4.69) is 10.3 Å². The van der Waals surface area contributed by atoms with Crippen molar-refractivity contribution in [1.29, 1.82) is 0 Å². The number of hydrogen-bond acceptors (Lipinski definition) is 5. The Balaban J connectivity index is 2.33. The quantitative estimate of drug-likeness (QED) is 0.585. The second-order valence-corrected chi connectivity index (χ2v) is 3.85. The number of aliphatic hydroxyl groups excluding tert-OH is 1. The lowest BCUT2D eigenvalue weighted by molar-refractivity contribution is -0.383. The summed E-state index contributed by atoms with van der Waals surface area (Å²) in [5.74, 6) is -0.341. The Hall–Kier alpha value is -2.48. The maximum atomic E-state index is 11.6. The van der Waals surface area contributed by atoms with Crippen LogP contribution in [0.15, 0.2) is 24.5 Å². The number of fused-ring (bicyclic) bond motifs is 1. The summed E-state index contributed by atoms with van der Waals surface area (Å²) in [7, 11) is 0. The number of rotatable bonds is 5. The lowest BCUT2D eigenvalue weighted by Crippen LogP contribution is -2.29. The molecule has 0 saturated carbocycles. The number of pyridine rings is 1. The van der Waals surface area contributed by atoms with Gasteiger partial charge >= 0.3 is 0 Å². The van der Waals surface area contributed by atoms with Crippen molar-refractivity contribution in [3.8, 4) is 0 Å². The van der Waals surface area contributed by atoms with E-state index in [0.29, 0.717) is 11.0 Å². The normalized spacial score (nSPS) is 10.6. The summed E-state index contributed by atoms with van der Waals surface area (Å²) in [6, 6.07) is 3.19. The van der Waals surface area contributed by atoms with Gasteiger partial charge in [-0.05, 0) is 12.1 Å². The van der Waals surface area contributed by atoms with Crippen molar-refractivity contribution in [2.24, 2.45) is 0 Å². The first-order chi connectivity index (χ1) is 9.13. The van der Waals surface area contributed by atoms with E-state index in [9.17, 15) is 14.9 Å². The van der Waals surface area contributed by atoms with Gasteiger partial charge in [-0.3, -0.25) is 14.9 Å². The molecule has 2 rings (SSSR count). The Morgan fingerprint density at radius 3 is 3.05 bits per heavy atom. The van der Waals surface area contributed by atoms with Crippen LogP contribution in [0, 0.1) is 10.1 Å². The van der Waals surface area contributed by atoms with Gasteiger partial charge in [0.15, 0.2) is 0 Å². The highest BCUT2D eigenvalue weighted by atomic mass is 16.6. The molecule has 2 N–H and O–H groups in total. The van der Waals surface area contributed by atoms with Crippen molar-refractivity contribution in [3.63, 3.8) is 0 Å². The molecule has 0 aliphatic heterocycles. The molecule has 0 spiro atoms. The third-order valence-corrected chi connectivity index (χ3v) is 2.56. The van der Waals surface area contributed by atoms with Crippen LogP contribution in [0.4, 0.5) is 5.69 Å². The van der Waals surface area contributed by atoms with Gasteiger partial charge < -0.3 is 15.0 Å². The van der Waals surface area contributed by atoms with E-state index in [1.165, 1.54) is 17.0 Å². The summed E-state index contributed by atoms with van der Waals surface area (Å²) < 4.78 is 1.42. The number of nitro groups is 1. The molecular weight excluding hydrogens is 252 g/mol. The lowest BCUT2D eigenvalue weighted by atomic mass is 10.3. The number of aliphatic hydroxyl groups is 1. The first-order valence-electron chi connectivity index (χ1n) is 5.59. The van der Waals surface area contributed by atoms with Crippen LogP contribution in [0.2, 0.25) is 0 Å². The van der Waals surface area contributed by atoms with Crippen LogP contribution < -0.4 is 5.32 Å². The van der Waals surface area contributed by atoms with Gasteiger partial charge in [0, 0.05) is 12.7 Å². The van der Waals surface area contributed by atoms with Gasteiger partial charge in [-0.15, -0.1) is 0 Å². The standard InChI is InChI=1S/C11H12N4O4/c16-5-4-12-10(17)7-14-6-9(15(18)19)8-2-1-3-13-11(8)14/h1-3,6,16H,4-5,7H2,(H,12,17). The summed E-state index contributed by atoms with van der Waals surface area (Å²) in [6.07, 6.45) is 2.80. The fourth-order valence-corrected chi connectivity index (χ4v) is 1.78. The van der Waals surface area contributed by atoms with Crippen LogP contribution in [0.5, 0.6) is 0 Å². The Morgan fingerprint density at radius 2 is 2.37 bits per heavy atom. The molecule has 1 amide bonds. The highest BCUT2D eigenvalue weighted by Gasteiger charge is 2.19. The minimum absolute atomic E-state index is 0.0820. The van der Waals surface area contributed by atoms with Gasteiger partial charge in [-0.1, -0.05) is 0 Å². The molecule has 19 heavy (non-hydrogen) atoms. The molecule has 100 valence electrons. The molecule has 0 radical (unpaired) electrons. The predicted molar refractivity (Wildman–Crippen MR) is 66.5 cm³/mol. The van der Waals surface area contributed by atoms with Crippen LogP contribution in [-0.2, 0) is 11.3 Å². The molecule has 8 heteroatoms. The summed E-state index contributed by atoms with van der Waals surface area (Å²) in [5.41, 5.74) is 0.298. The topological polar surface area (TPSA) is 110 Å². The molecule has 0 fully saturated rings. The average molecular weight is 264 g/mol. The van der Waals surface area contributed by atoms with Gasteiger partial charge in [0.2, 0.25) is 5.91 Å². The van der Waals surface area contributed by atoms with Crippen LogP contribution in [0.3, 0.4) is 0 Å². The molecule has 0 aromatic carbocycles. The monoisotopic (exact) mass is 264 g/mol. The smallest absolute Gasteiger partial charge is 0.296 e. The maximum absolute atomic E-state index is 11.6. The second kappa shape index (κ2) is 5.44. The zero-order valence-electron chi connectivity index (χ0n) is 9.94. The van der Waals surface area contributed by atoms with Crippen molar-refractivity contribution in [2.75, 3.05) is 13.2 Å². The van der Waals surface area contributed by atoms with Crippen LogP contribution in [-0.4, -0.2) is 38.6 Å². The average Bonchev–Trinajstić information content (AvgIpc) is 2.76. The van der Waals surface area contributed by atoms with Gasteiger partial charge in [-0.2, -0.15) is 0 Å². The summed E-state index contributed by atoms with van der Waals surface area (Å²) in [6.45, 7) is -0.0918.